The molecule has 1 fully saturated rings. The highest BCUT2D eigenvalue weighted by atomic mass is 19.4. The Kier molecular flexibility index (Phi) is 5.72. The lowest BCUT2D eigenvalue weighted by atomic mass is 10.1. The second-order valence-electron chi connectivity index (χ2n) is 6.93. The van der Waals surface area contributed by atoms with Crippen LogP contribution < -0.4 is 0 Å². The Morgan fingerprint density at radius 2 is 1.79 bits per heavy atom. The molecule has 28 heavy (non-hydrogen) atoms. The molecule has 1 heterocycles. The fourth-order valence-electron chi connectivity index (χ4n) is 3.33. The maximum atomic E-state index is 13.1. The molecule has 0 unspecified atom stereocenters. The van der Waals surface area contributed by atoms with E-state index in [1.807, 2.05) is 0 Å². The normalized spacial score (nSPS) is 14.4. The molecule has 1 aliphatic heterocycles. The van der Waals surface area contributed by atoms with Crippen LogP contribution in [-0.4, -0.2) is 35.2 Å². The molecule has 0 aliphatic carbocycles. The molecular weight excluding hydrogens is 369 g/mol. The molecule has 1 saturated heterocycles. The number of carbonyl (C=O) groups is 2. The summed E-state index contributed by atoms with van der Waals surface area (Å²) in [6.45, 7) is 1.10. The lowest BCUT2D eigenvalue weighted by Gasteiger charge is -2.21. The quantitative estimate of drug-likeness (QED) is 0.771. The zero-order valence-electron chi connectivity index (χ0n) is 15.5. The Morgan fingerprint density at radius 3 is 2.39 bits per heavy atom. The van der Waals surface area contributed by atoms with E-state index in [1.165, 1.54) is 30.1 Å². The third kappa shape index (κ3) is 4.52. The highest BCUT2D eigenvalue weighted by Crippen LogP contribution is 2.32. The monoisotopic (exact) mass is 390 g/mol. The molecule has 3 rings (SSSR count). The molecule has 0 N–H and O–H groups in total. The summed E-state index contributed by atoms with van der Waals surface area (Å²) in [6.07, 6.45) is -3.03. The maximum absolute atomic E-state index is 13.1. The van der Waals surface area contributed by atoms with Crippen LogP contribution in [0.3, 0.4) is 0 Å². The number of amides is 2. The highest BCUT2D eigenvalue weighted by Gasteiger charge is 2.33. The van der Waals surface area contributed by atoms with Crippen molar-refractivity contribution in [3.63, 3.8) is 0 Å². The smallest absolute Gasteiger partial charge is 0.338 e. The maximum Gasteiger partial charge on any atom is 0.416 e. The van der Waals surface area contributed by atoms with Gasteiger partial charge >= 0.3 is 6.18 Å². The van der Waals surface area contributed by atoms with E-state index >= 15 is 0 Å². The van der Waals surface area contributed by atoms with Crippen LogP contribution in [0.2, 0.25) is 0 Å². The van der Waals surface area contributed by atoms with Crippen LogP contribution in [0.5, 0.6) is 0 Å². The molecular formula is C21H21F3N2O2. The minimum atomic E-state index is -4.46. The molecule has 148 valence electrons. The summed E-state index contributed by atoms with van der Waals surface area (Å²) in [4.78, 5) is 27.3. The summed E-state index contributed by atoms with van der Waals surface area (Å²) in [5.74, 6) is -0.232. The van der Waals surface area contributed by atoms with E-state index < -0.39 is 11.7 Å². The first-order valence-electron chi connectivity index (χ1n) is 9.03. The first-order valence-corrected chi connectivity index (χ1v) is 9.03. The minimum Gasteiger partial charge on any atom is -0.338 e. The molecule has 1 aliphatic rings. The van der Waals surface area contributed by atoms with Gasteiger partial charge in [-0.05, 0) is 35.7 Å². The Labute approximate surface area is 161 Å². The first kappa shape index (κ1) is 19.9. The molecule has 7 heteroatoms. The third-order valence-electron chi connectivity index (χ3n) is 4.82. The number of alkyl halides is 3. The van der Waals surface area contributed by atoms with E-state index in [4.69, 9.17) is 0 Å². The molecule has 0 aromatic heterocycles. The summed E-state index contributed by atoms with van der Waals surface area (Å²) in [6, 6.07) is 12.1. The number of hydrogen-bond donors (Lipinski definition) is 0. The number of carbonyl (C=O) groups excluding carboxylic acids is 2. The molecule has 4 nitrogen and oxygen atoms in total. The van der Waals surface area contributed by atoms with Gasteiger partial charge in [0.05, 0.1) is 5.56 Å². The van der Waals surface area contributed by atoms with Crippen LogP contribution in [0.4, 0.5) is 13.2 Å². The predicted molar refractivity (Wildman–Crippen MR) is 98.3 cm³/mol. The largest absolute Gasteiger partial charge is 0.416 e. The molecule has 2 aromatic carbocycles. The van der Waals surface area contributed by atoms with Gasteiger partial charge in [0.1, 0.15) is 0 Å². The van der Waals surface area contributed by atoms with Crippen molar-refractivity contribution in [3.8, 4) is 0 Å². The van der Waals surface area contributed by atoms with Gasteiger partial charge in [-0.15, -0.1) is 0 Å². The van der Waals surface area contributed by atoms with Gasteiger partial charge in [0.25, 0.3) is 5.91 Å². The summed E-state index contributed by atoms with van der Waals surface area (Å²) >= 11 is 0. The van der Waals surface area contributed by atoms with Crippen molar-refractivity contribution in [1.82, 2.24) is 9.80 Å². The average molecular weight is 390 g/mol. The molecule has 0 radical (unpaired) electrons. The Bertz CT molecular complexity index is 863. The van der Waals surface area contributed by atoms with Gasteiger partial charge in [0, 0.05) is 38.7 Å². The molecule has 0 spiro atoms. The molecule has 0 saturated carbocycles. The van der Waals surface area contributed by atoms with Gasteiger partial charge in [-0.2, -0.15) is 13.2 Å². The van der Waals surface area contributed by atoms with E-state index in [1.54, 1.807) is 29.2 Å². The van der Waals surface area contributed by atoms with E-state index in [9.17, 15) is 22.8 Å². The van der Waals surface area contributed by atoms with Crippen molar-refractivity contribution in [2.75, 3.05) is 13.6 Å². The van der Waals surface area contributed by atoms with Gasteiger partial charge in [0.2, 0.25) is 5.91 Å². The number of hydrogen-bond acceptors (Lipinski definition) is 2. The number of benzene rings is 2. The summed E-state index contributed by atoms with van der Waals surface area (Å²) < 4.78 is 39.4. The van der Waals surface area contributed by atoms with E-state index in [0.717, 1.165) is 24.6 Å². The first-order chi connectivity index (χ1) is 13.3. The second kappa shape index (κ2) is 8.04. The lowest BCUT2D eigenvalue weighted by molar-refractivity contribution is -0.138. The SMILES string of the molecule is CN(Cc1ccccc1C(F)(F)F)C(=O)c1ccc(CN2CCCC2=O)cc1. The van der Waals surface area contributed by atoms with Crippen molar-refractivity contribution in [2.45, 2.75) is 32.1 Å². The number of nitrogens with zero attached hydrogens (tertiary/aromatic N) is 2. The zero-order valence-corrected chi connectivity index (χ0v) is 15.5. The summed E-state index contributed by atoms with van der Waals surface area (Å²) in [7, 11) is 1.48. The van der Waals surface area contributed by atoms with Gasteiger partial charge < -0.3 is 9.80 Å². The van der Waals surface area contributed by atoms with Crippen LogP contribution in [-0.2, 0) is 24.1 Å². The van der Waals surface area contributed by atoms with Crippen LogP contribution in [0.15, 0.2) is 48.5 Å². The Hall–Kier alpha value is -2.83. The fourth-order valence-corrected chi connectivity index (χ4v) is 3.33. The van der Waals surface area contributed by atoms with Gasteiger partial charge in [-0.3, -0.25) is 9.59 Å². The molecule has 2 amide bonds. The predicted octanol–water partition coefficient (Wildman–Crippen LogP) is 4.10. The lowest BCUT2D eigenvalue weighted by Crippen LogP contribution is -2.27. The van der Waals surface area contributed by atoms with E-state index in [-0.39, 0.29) is 23.9 Å². The van der Waals surface area contributed by atoms with Crippen LogP contribution in [0, 0.1) is 0 Å². The Balaban J connectivity index is 1.68. The van der Waals surface area contributed by atoms with Crippen molar-refractivity contribution >= 4 is 11.8 Å². The third-order valence-corrected chi connectivity index (χ3v) is 4.82. The van der Waals surface area contributed by atoms with Crippen LogP contribution in [0.1, 0.15) is 39.9 Å². The van der Waals surface area contributed by atoms with E-state index in [0.29, 0.717) is 18.5 Å². The average Bonchev–Trinajstić information content (AvgIpc) is 3.06. The minimum absolute atomic E-state index is 0.0509. The fraction of sp³-hybridized carbons (Fsp3) is 0.333. The van der Waals surface area contributed by atoms with Gasteiger partial charge in [0.15, 0.2) is 0 Å². The summed E-state index contributed by atoms with van der Waals surface area (Å²) in [5, 5.41) is 0. The van der Waals surface area contributed by atoms with Crippen molar-refractivity contribution in [1.29, 1.82) is 0 Å². The molecule has 0 atom stereocenters. The molecule has 2 aromatic rings. The van der Waals surface area contributed by atoms with Crippen molar-refractivity contribution in [2.24, 2.45) is 0 Å². The van der Waals surface area contributed by atoms with Crippen molar-refractivity contribution in [3.05, 3.63) is 70.8 Å². The van der Waals surface area contributed by atoms with Crippen molar-refractivity contribution < 1.29 is 22.8 Å². The second-order valence-corrected chi connectivity index (χ2v) is 6.93. The summed E-state index contributed by atoms with van der Waals surface area (Å²) in [5.41, 5.74) is 0.621. The number of rotatable bonds is 5. The highest BCUT2D eigenvalue weighted by molar-refractivity contribution is 5.94. The topological polar surface area (TPSA) is 40.6 Å². The standard InChI is InChI=1S/C21H21F3N2O2/c1-25(14-17-5-2-3-6-18(17)21(22,23)24)20(28)16-10-8-15(9-11-16)13-26-12-4-7-19(26)27/h2-3,5-6,8-11H,4,7,12-14H2,1H3. The van der Waals surface area contributed by atoms with Crippen LogP contribution in [0.25, 0.3) is 0 Å². The zero-order chi connectivity index (χ0) is 20.3. The molecule has 0 bridgehead atoms. The van der Waals surface area contributed by atoms with E-state index in [2.05, 4.69) is 0 Å². The van der Waals surface area contributed by atoms with Crippen LogP contribution >= 0.6 is 0 Å². The van der Waals surface area contributed by atoms with Gasteiger partial charge in [-0.1, -0.05) is 30.3 Å². The number of likely N-dealkylation sites (tertiary alicyclic amines) is 1. The Morgan fingerprint density at radius 1 is 1.11 bits per heavy atom. The van der Waals surface area contributed by atoms with Gasteiger partial charge in [-0.25, -0.2) is 0 Å². The number of halogens is 3.